The molecule has 0 atom stereocenters. The van der Waals surface area contributed by atoms with E-state index in [4.69, 9.17) is 5.11 Å². The van der Waals surface area contributed by atoms with Crippen molar-refractivity contribution in [1.82, 2.24) is 4.90 Å². The van der Waals surface area contributed by atoms with Crippen LogP contribution >= 0.6 is 0 Å². The number of rotatable bonds is 6. The number of hydrogen-bond donors (Lipinski definition) is 1. The Morgan fingerprint density at radius 3 is 2.25 bits per heavy atom. The summed E-state index contributed by atoms with van der Waals surface area (Å²) >= 11 is 0. The van der Waals surface area contributed by atoms with Gasteiger partial charge >= 0.3 is 5.97 Å². The van der Waals surface area contributed by atoms with Crippen molar-refractivity contribution in [3.05, 3.63) is 23.8 Å². The highest BCUT2D eigenvalue weighted by atomic mass is 16.4. The fourth-order valence-corrected chi connectivity index (χ4v) is 1.26. The number of carbonyl (C=O) groups is 2. The molecule has 4 heteroatoms. The van der Waals surface area contributed by atoms with Crippen molar-refractivity contribution in [2.45, 2.75) is 27.2 Å². The standard InChI is InChI=1S/C12H19NO3/c1-5-7-13(8-6-2)11(14)9(3)10(4)12(15)16/h5H,1,6-8H2,2-4H3,(H,15,16)/b10-9-. The molecule has 0 rings (SSSR count). The van der Waals surface area contributed by atoms with E-state index in [1.54, 1.807) is 11.0 Å². The molecule has 0 aliphatic carbocycles. The topological polar surface area (TPSA) is 57.6 Å². The van der Waals surface area contributed by atoms with Gasteiger partial charge in [0, 0.05) is 24.2 Å². The lowest BCUT2D eigenvalue weighted by atomic mass is 10.1. The first-order chi connectivity index (χ1) is 7.45. The summed E-state index contributed by atoms with van der Waals surface area (Å²) in [4.78, 5) is 24.3. The van der Waals surface area contributed by atoms with Gasteiger partial charge < -0.3 is 10.0 Å². The monoisotopic (exact) mass is 225 g/mol. The van der Waals surface area contributed by atoms with E-state index in [9.17, 15) is 9.59 Å². The van der Waals surface area contributed by atoms with Crippen LogP contribution in [0.4, 0.5) is 0 Å². The second-order valence-corrected chi connectivity index (χ2v) is 3.59. The molecule has 0 aromatic rings. The van der Waals surface area contributed by atoms with Crippen molar-refractivity contribution in [2.75, 3.05) is 13.1 Å². The van der Waals surface area contributed by atoms with E-state index in [0.29, 0.717) is 13.1 Å². The van der Waals surface area contributed by atoms with Crippen LogP contribution in [-0.2, 0) is 9.59 Å². The molecule has 0 aromatic carbocycles. The van der Waals surface area contributed by atoms with Gasteiger partial charge in [-0.1, -0.05) is 13.0 Å². The molecule has 0 spiro atoms. The van der Waals surface area contributed by atoms with Crippen LogP contribution in [0.1, 0.15) is 27.2 Å². The number of hydrogen-bond acceptors (Lipinski definition) is 2. The first-order valence-corrected chi connectivity index (χ1v) is 5.26. The van der Waals surface area contributed by atoms with E-state index >= 15 is 0 Å². The minimum Gasteiger partial charge on any atom is -0.478 e. The minimum absolute atomic E-state index is 0.0927. The molecule has 0 aliphatic rings. The van der Waals surface area contributed by atoms with Crippen molar-refractivity contribution in [1.29, 1.82) is 0 Å². The third-order valence-electron chi connectivity index (χ3n) is 2.33. The van der Waals surface area contributed by atoms with Gasteiger partial charge in [0.1, 0.15) is 0 Å². The van der Waals surface area contributed by atoms with Crippen LogP contribution in [0.15, 0.2) is 23.8 Å². The Labute approximate surface area is 96.3 Å². The van der Waals surface area contributed by atoms with Crippen LogP contribution in [0, 0.1) is 0 Å². The maximum absolute atomic E-state index is 11.9. The molecular formula is C12H19NO3. The molecule has 16 heavy (non-hydrogen) atoms. The summed E-state index contributed by atoms with van der Waals surface area (Å²) in [7, 11) is 0. The van der Waals surface area contributed by atoms with E-state index in [2.05, 4.69) is 6.58 Å². The van der Waals surface area contributed by atoms with Gasteiger partial charge in [-0.2, -0.15) is 0 Å². The van der Waals surface area contributed by atoms with Crippen LogP contribution in [0.2, 0.25) is 0 Å². The second-order valence-electron chi connectivity index (χ2n) is 3.59. The minimum atomic E-state index is -1.05. The molecule has 0 aliphatic heterocycles. The highest BCUT2D eigenvalue weighted by Gasteiger charge is 2.17. The molecule has 0 heterocycles. The highest BCUT2D eigenvalue weighted by molar-refractivity contribution is 6.01. The van der Waals surface area contributed by atoms with Gasteiger partial charge in [-0.05, 0) is 20.3 Å². The number of carbonyl (C=O) groups excluding carboxylic acids is 1. The molecule has 0 saturated carbocycles. The Morgan fingerprint density at radius 2 is 1.88 bits per heavy atom. The van der Waals surface area contributed by atoms with Crippen molar-refractivity contribution >= 4 is 11.9 Å². The summed E-state index contributed by atoms with van der Waals surface area (Å²) in [6, 6.07) is 0. The van der Waals surface area contributed by atoms with Crippen molar-refractivity contribution < 1.29 is 14.7 Å². The maximum atomic E-state index is 11.9. The lowest BCUT2D eigenvalue weighted by molar-refractivity contribution is -0.133. The predicted molar refractivity (Wildman–Crippen MR) is 63.1 cm³/mol. The van der Waals surface area contributed by atoms with Crippen LogP contribution < -0.4 is 0 Å². The summed E-state index contributed by atoms with van der Waals surface area (Å²) in [5.74, 6) is -1.29. The number of carboxylic acid groups (broad SMARTS) is 1. The molecule has 4 nitrogen and oxygen atoms in total. The van der Waals surface area contributed by atoms with Gasteiger partial charge in [0.25, 0.3) is 0 Å². The summed E-state index contributed by atoms with van der Waals surface area (Å²) in [6.45, 7) is 9.57. The van der Waals surface area contributed by atoms with Gasteiger partial charge in [-0.3, -0.25) is 4.79 Å². The van der Waals surface area contributed by atoms with Crippen LogP contribution in [-0.4, -0.2) is 35.0 Å². The summed E-state index contributed by atoms with van der Waals surface area (Å²) in [5.41, 5.74) is 0.373. The Hall–Kier alpha value is -1.58. The molecule has 0 radical (unpaired) electrons. The SMILES string of the molecule is C=CCN(CCC)C(=O)/C(C)=C(/C)C(=O)O. The Balaban J connectivity index is 4.92. The lowest BCUT2D eigenvalue weighted by Gasteiger charge is -2.21. The van der Waals surface area contributed by atoms with Gasteiger partial charge in [-0.25, -0.2) is 4.79 Å². The summed E-state index contributed by atoms with van der Waals surface area (Å²) < 4.78 is 0. The smallest absolute Gasteiger partial charge is 0.331 e. The molecule has 0 unspecified atom stereocenters. The molecule has 1 N–H and O–H groups in total. The first-order valence-electron chi connectivity index (χ1n) is 5.26. The second kappa shape index (κ2) is 6.82. The molecule has 0 saturated heterocycles. The first kappa shape index (κ1) is 14.4. The van der Waals surface area contributed by atoms with E-state index in [0.717, 1.165) is 6.42 Å². The van der Waals surface area contributed by atoms with Gasteiger partial charge in [0.15, 0.2) is 0 Å². The van der Waals surface area contributed by atoms with Crippen LogP contribution in [0.5, 0.6) is 0 Å². The average molecular weight is 225 g/mol. The average Bonchev–Trinajstić information content (AvgIpc) is 2.25. The Bertz CT molecular complexity index is 318. The molecule has 0 aromatic heterocycles. The van der Waals surface area contributed by atoms with Gasteiger partial charge in [-0.15, -0.1) is 6.58 Å². The molecule has 0 fully saturated rings. The zero-order valence-corrected chi connectivity index (χ0v) is 10.1. The molecular weight excluding hydrogens is 206 g/mol. The largest absolute Gasteiger partial charge is 0.478 e. The van der Waals surface area contributed by atoms with Crippen LogP contribution in [0.25, 0.3) is 0 Å². The van der Waals surface area contributed by atoms with Crippen molar-refractivity contribution in [3.8, 4) is 0 Å². The van der Waals surface area contributed by atoms with E-state index in [1.165, 1.54) is 13.8 Å². The predicted octanol–water partition coefficient (Wildman–Crippen LogP) is 1.83. The van der Waals surface area contributed by atoms with E-state index < -0.39 is 5.97 Å². The number of nitrogens with zero attached hydrogens (tertiary/aromatic N) is 1. The molecule has 90 valence electrons. The number of carboxylic acids is 1. The highest BCUT2D eigenvalue weighted by Crippen LogP contribution is 2.08. The van der Waals surface area contributed by atoms with Gasteiger partial charge in [0.2, 0.25) is 5.91 Å². The van der Waals surface area contributed by atoms with Gasteiger partial charge in [0.05, 0.1) is 0 Å². The Morgan fingerprint density at radius 1 is 1.31 bits per heavy atom. The van der Waals surface area contributed by atoms with E-state index in [-0.39, 0.29) is 17.1 Å². The lowest BCUT2D eigenvalue weighted by Crippen LogP contribution is -2.33. The summed E-state index contributed by atoms with van der Waals surface area (Å²) in [5, 5.41) is 8.79. The molecule has 0 bridgehead atoms. The fraction of sp³-hybridized carbons (Fsp3) is 0.500. The van der Waals surface area contributed by atoms with Crippen molar-refractivity contribution in [2.24, 2.45) is 0 Å². The third-order valence-corrected chi connectivity index (χ3v) is 2.33. The van der Waals surface area contributed by atoms with E-state index in [1.807, 2.05) is 6.92 Å². The van der Waals surface area contributed by atoms with Crippen LogP contribution in [0.3, 0.4) is 0 Å². The third kappa shape index (κ3) is 3.88. The summed E-state index contributed by atoms with van der Waals surface area (Å²) in [6.07, 6.45) is 2.47. The quantitative estimate of drug-likeness (QED) is 0.554. The number of amides is 1. The zero-order valence-electron chi connectivity index (χ0n) is 10.1. The Kier molecular flexibility index (Phi) is 6.15. The number of aliphatic carboxylic acids is 1. The zero-order chi connectivity index (χ0) is 12.7. The van der Waals surface area contributed by atoms with Crippen molar-refractivity contribution in [3.63, 3.8) is 0 Å². The maximum Gasteiger partial charge on any atom is 0.331 e. The molecule has 1 amide bonds. The normalized spacial score (nSPS) is 11.7. The fourth-order valence-electron chi connectivity index (χ4n) is 1.26.